The molecule has 1 aromatic carbocycles. The molecule has 6 nitrogen and oxygen atoms in total. The van der Waals surface area contributed by atoms with Crippen molar-refractivity contribution in [2.45, 2.75) is 45.1 Å². The summed E-state index contributed by atoms with van der Waals surface area (Å²) < 4.78 is 5.98. The number of anilines is 2. The van der Waals surface area contributed by atoms with Gasteiger partial charge in [0.15, 0.2) is 5.60 Å². The fourth-order valence-corrected chi connectivity index (χ4v) is 2.81. The van der Waals surface area contributed by atoms with Gasteiger partial charge in [-0.15, -0.1) is 0 Å². The topological polar surface area (TPSA) is 92.9 Å². The minimum absolute atomic E-state index is 0.0119. The molecule has 1 aromatic rings. The number of carbonyl (C=O) groups excluding carboxylic acids is 1. The van der Waals surface area contributed by atoms with E-state index in [1.807, 2.05) is 13.8 Å². The number of benzene rings is 1. The Morgan fingerprint density at radius 3 is 2.64 bits per heavy atom. The van der Waals surface area contributed by atoms with Crippen LogP contribution in [0.25, 0.3) is 0 Å². The molecule has 0 aromatic heterocycles. The van der Waals surface area contributed by atoms with E-state index >= 15 is 0 Å². The van der Waals surface area contributed by atoms with Crippen LogP contribution in [-0.4, -0.2) is 29.1 Å². The molecule has 22 heavy (non-hydrogen) atoms. The van der Waals surface area contributed by atoms with Gasteiger partial charge >= 0.3 is 5.97 Å². The van der Waals surface area contributed by atoms with Crippen molar-refractivity contribution < 1.29 is 19.4 Å². The molecule has 1 aliphatic rings. The number of nitrogens with two attached hydrogens (primary N) is 1. The molecule has 0 spiro atoms. The van der Waals surface area contributed by atoms with Gasteiger partial charge in [0.1, 0.15) is 11.4 Å². The third-order valence-electron chi connectivity index (χ3n) is 4.15. The maximum absolute atomic E-state index is 12.9. The van der Waals surface area contributed by atoms with E-state index in [9.17, 15) is 9.59 Å². The van der Waals surface area contributed by atoms with Crippen molar-refractivity contribution in [1.82, 2.24) is 0 Å². The SMILES string of the molecule is CCC1(CC)Oc2cccc(N)c2N(CCCC(=O)O)C1=O. The molecule has 0 saturated carbocycles. The van der Waals surface area contributed by atoms with Gasteiger partial charge in [0.25, 0.3) is 5.91 Å². The number of carboxylic acids is 1. The van der Waals surface area contributed by atoms with Crippen LogP contribution in [0.5, 0.6) is 5.75 Å². The van der Waals surface area contributed by atoms with Crippen molar-refractivity contribution in [3.8, 4) is 5.75 Å². The van der Waals surface area contributed by atoms with E-state index in [0.29, 0.717) is 42.9 Å². The number of ether oxygens (including phenoxy) is 1. The predicted molar refractivity (Wildman–Crippen MR) is 84.0 cm³/mol. The van der Waals surface area contributed by atoms with Gasteiger partial charge in [0.05, 0.1) is 5.69 Å². The van der Waals surface area contributed by atoms with Gasteiger partial charge in [0.2, 0.25) is 0 Å². The summed E-state index contributed by atoms with van der Waals surface area (Å²) in [5, 5.41) is 8.80. The zero-order chi connectivity index (χ0) is 16.3. The summed E-state index contributed by atoms with van der Waals surface area (Å²) in [5.74, 6) is -0.439. The normalized spacial score (nSPS) is 16.1. The van der Waals surface area contributed by atoms with Crippen LogP contribution >= 0.6 is 0 Å². The standard InChI is InChI=1S/C16H22N2O4/c1-3-16(4-2)15(21)18(10-6-9-13(19)20)14-11(17)7-5-8-12(14)22-16/h5,7-8H,3-4,6,9-10,17H2,1-2H3,(H,19,20). The monoisotopic (exact) mass is 306 g/mol. The second-order valence-corrected chi connectivity index (χ2v) is 5.45. The molecule has 2 rings (SSSR count). The Morgan fingerprint density at radius 1 is 1.36 bits per heavy atom. The van der Waals surface area contributed by atoms with E-state index in [4.69, 9.17) is 15.6 Å². The predicted octanol–water partition coefficient (Wildman–Crippen LogP) is 2.42. The fraction of sp³-hybridized carbons (Fsp3) is 0.500. The van der Waals surface area contributed by atoms with Crippen molar-refractivity contribution in [2.24, 2.45) is 0 Å². The molecule has 120 valence electrons. The molecule has 1 amide bonds. The summed E-state index contributed by atoms with van der Waals surface area (Å²) in [5.41, 5.74) is 6.12. The fourth-order valence-electron chi connectivity index (χ4n) is 2.81. The van der Waals surface area contributed by atoms with Gasteiger partial charge in [-0.05, 0) is 31.4 Å². The number of nitrogens with zero attached hydrogens (tertiary/aromatic N) is 1. The van der Waals surface area contributed by atoms with E-state index in [0.717, 1.165) is 0 Å². The number of fused-ring (bicyclic) bond motifs is 1. The minimum atomic E-state index is -0.899. The molecule has 0 radical (unpaired) electrons. The van der Waals surface area contributed by atoms with Gasteiger partial charge in [-0.25, -0.2) is 0 Å². The smallest absolute Gasteiger partial charge is 0.303 e. The third-order valence-corrected chi connectivity index (χ3v) is 4.15. The lowest BCUT2D eigenvalue weighted by Crippen LogP contribution is -2.56. The number of aliphatic carboxylic acids is 1. The summed E-state index contributed by atoms with van der Waals surface area (Å²) in [7, 11) is 0. The Hall–Kier alpha value is -2.24. The van der Waals surface area contributed by atoms with Gasteiger partial charge in [-0.1, -0.05) is 19.9 Å². The maximum atomic E-state index is 12.9. The Labute approximate surface area is 129 Å². The highest BCUT2D eigenvalue weighted by Crippen LogP contribution is 2.43. The average molecular weight is 306 g/mol. The largest absolute Gasteiger partial charge is 0.481 e. The second-order valence-electron chi connectivity index (χ2n) is 5.45. The first-order chi connectivity index (χ1) is 10.4. The van der Waals surface area contributed by atoms with Crippen LogP contribution in [0.2, 0.25) is 0 Å². The Morgan fingerprint density at radius 2 is 2.05 bits per heavy atom. The van der Waals surface area contributed by atoms with Gasteiger partial charge < -0.3 is 20.5 Å². The molecule has 0 saturated heterocycles. The van der Waals surface area contributed by atoms with Gasteiger partial charge in [-0.2, -0.15) is 0 Å². The highest BCUT2D eigenvalue weighted by Gasteiger charge is 2.46. The highest BCUT2D eigenvalue weighted by molar-refractivity contribution is 6.05. The Bertz CT molecular complexity index is 582. The number of para-hydroxylation sites is 1. The lowest BCUT2D eigenvalue weighted by atomic mass is 9.92. The van der Waals surface area contributed by atoms with Crippen molar-refractivity contribution in [2.75, 3.05) is 17.2 Å². The molecule has 1 heterocycles. The number of amides is 1. The van der Waals surface area contributed by atoms with Crippen molar-refractivity contribution in [3.63, 3.8) is 0 Å². The Balaban J connectivity index is 2.40. The first-order valence-corrected chi connectivity index (χ1v) is 7.56. The van der Waals surface area contributed by atoms with E-state index in [1.165, 1.54) is 0 Å². The molecular weight excluding hydrogens is 284 g/mol. The van der Waals surface area contributed by atoms with Crippen LogP contribution in [0.1, 0.15) is 39.5 Å². The molecule has 0 atom stereocenters. The number of carbonyl (C=O) groups is 2. The van der Waals surface area contributed by atoms with Crippen LogP contribution in [0.15, 0.2) is 18.2 Å². The molecule has 0 unspecified atom stereocenters. The number of nitrogen functional groups attached to an aromatic ring is 1. The van der Waals surface area contributed by atoms with Crippen LogP contribution < -0.4 is 15.4 Å². The van der Waals surface area contributed by atoms with Gasteiger partial charge in [-0.3, -0.25) is 9.59 Å². The molecule has 6 heteroatoms. The van der Waals surface area contributed by atoms with Crippen LogP contribution in [-0.2, 0) is 9.59 Å². The second kappa shape index (κ2) is 6.25. The van der Waals surface area contributed by atoms with E-state index in [-0.39, 0.29) is 12.3 Å². The summed E-state index contributed by atoms with van der Waals surface area (Å²) >= 11 is 0. The molecule has 3 N–H and O–H groups in total. The average Bonchev–Trinajstić information content (AvgIpc) is 2.49. The van der Waals surface area contributed by atoms with Crippen molar-refractivity contribution in [3.05, 3.63) is 18.2 Å². The van der Waals surface area contributed by atoms with E-state index in [1.54, 1.807) is 23.1 Å². The van der Waals surface area contributed by atoms with Crippen molar-refractivity contribution in [1.29, 1.82) is 0 Å². The zero-order valence-electron chi connectivity index (χ0n) is 13.0. The molecular formula is C16H22N2O4. The van der Waals surface area contributed by atoms with Crippen molar-refractivity contribution >= 4 is 23.3 Å². The first kappa shape index (κ1) is 16.1. The molecule has 0 fully saturated rings. The minimum Gasteiger partial charge on any atom is -0.481 e. The quantitative estimate of drug-likeness (QED) is 0.787. The third kappa shape index (κ3) is 2.73. The highest BCUT2D eigenvalue weighted by atomic mass is 16.5. The number of hydrogen-bond donors (Lipinski definition) is 2. The lowest BCUT2D eigenvalue weighted by molar-refractivity contribution is -0.138. The van der Waals surface area contributed by atoms with E-state index < -0.39 is 11.6 Å². The van der Waals surface area contributed by atoms with Crippen LogP contribution in [0.4, 0.5) is 11.4 Å². The maximum Gasteiger partial charge on any atom is 0.303 e. The molecule has 0 aliphatic carbocycles. The summed E-state index contributed by atoms with van der Waals surface area (Å²) in [6.45, 7) is 4.14. The molecule has 0 bridgehead atoms. The zero-order valence-corrected chi connectivity index (χ0v) is 13.0. The van der Waals surface area contributed by atoms with Crippen LogP contribution in [0.3, 0.4) is 0 Å². The summed E-state index contributed by atoms with van der Waals surface area (Å²) in [4.78, 5) is 25.2. The van der Waals surface area contributed by atoms with Gasteiger partial charge in [0, 0.05) is 13.0 Å². The Kier molecular flexibility index (Phi) is 4.59. The molecule has 1 aliphatic heterocycles. The summed E-state index contributed by atoms with van der Waals surface area (Å²) in [6, 6.07) is 5.29. The first-order valence-electron chi connectivity index (χ1n) is 7.56. The van der Waals surface area contributed by atoms with Crippen LogP contribution in [0, 0.1) is 0 Å². The lowest BCUT2D eigenvalue weighted by Gasteiger charge is -2.42. The number of rotatable bonds is 6. The number of hydrogen-bond acceptors (Lipinski definition) is 4. The number of carboxylic acid groups (broad SMARTS) is 1. The summed E-state index contributed by atoms with van der Waals surface area (Å²) in [6.07, 6.45) is 1.48. The van der Waals surface area contributed by atoms with E-state index in [2.05, 4.69) is 0 Å².